The SMILES string of the molecule is CC(C)(C)c1ccc(N2B3c4cc5c(cc4-n4c6ccc(C(C)(C)C)cc6c6c7oc8ccccc8c7c(c3c64)-c3cc4c(cc32)sc2ccccc24)-c2ccccc2C5(C)C)cc1. The number of benzene rings is 8. The van der Waals surface area contributed by atoms with E-state index in [1.165, 1.54) is 120 Å². The van der Waals surface area contributed by atoms with E-state index in [1.54, 1.807) is 0 Å². The summed E-state index contributed by atoms with van der Waals surface area (Å²) in [6, 6.07) is 53.7. The maximum Gasteiger partial charge on any atom is 0.333 e. The Morgan fingerprint density at radius 1 is 0.562 bits per heavy atom. The zero-order valence-corrected chi connectivity index (χ0v) is 38.4. The summed E-state index contributed by atoms with van der Waals surface area (Å²) in [5, 5.41) is 7.44. The largest absolute Gasteiger partial charge is 0.455 e. The maximum absolute atomic E-state index is 7.26. The Kier molecular flexibility index (Phi) is 6.89. The lowest BCUT2D eigenvalue weighted by molar-refractivity contribution is 0.590. The lowest BCUT2D eigenvalue weighted by Gasteiger charge is -2.42. The van der Waals surface area contributed by atoms with Crippen molar-refractivity contribution in [2.75, 3.05) is 4.81 Å². The summed E-state index contributed by atoms with van der Waals surface area (Å²) in [6.07, 6.45) is 0. The lowest BCUT2D eigenvalue weighted by Crippen LogP contribution is -2.60. The number of aromatic nitrogens is 1. The molecule has 11 aromatic rings. The molecule has 308 valence electrons. The van der Waals surface area contributed by atoms with Gasteiger partial charge >= 0.3 is 6.85 Å². The van der Waals surface area contributed by atoms with Gasteiger partial charge in [0.2, 0.25) is 0 Å². The number of nitrogens with zero attached hydrogens (tertiary/aromatic N) is 2. The first-order chi connectivity index (χ1) is 30.8. The Labute approximate surface area is 377 Å². The summed E-state index contributed by atoms with van der Waals surface area (Å²) in [5.41, 5.74) is 21.2. The Hall–Kier alpha value is -6.56. The zero-order chi connectivity index (χ0) is 43.3. The van der Waals surface area contributed by atoms with Crippen LogP contribution in [-0.4, -0.2) is 11.4 Å². The fraction of sp³-hybridized carbons (Fsp3) is 0.186. The number of anilines is 2. The summed E-state index contributed by atoms with van der Waals surface area (Å²) in [7, 11) is 0. The van der Waals surface area contributed by atoms with Gasteiger partial charge in [-0.15, -0.1) is 11.3 Å². The van der Waals surface area contributed by atoms with Gasteiger partial charge in [0, 0.05) is 64.4 Å². The standard InChI is InChI=1S/C59H47BN2OS/c1-57(2,3)32-21-24-34(25-22-32)62-46-31-50-39(36-16-11-14-20-49(36)64-50)28-41(46)51-52-37-17-10-13-19-48(37)63-56(52)53-40-27-33(58(4,5)6)23-26-45(40)61-47-29-38-35-15-9-12-18-42(35)59(7,8)43(38)30-44(47)60(62)54(51)55(53)61/h9-31H,1-8H3. The van der Waals surface area contributed by atoms with Crippen molar-refractivity contribution in [1.29, 1.82) is 0 Å². The van der Waals surface area contributed by atoms with Crippen LogP contribution in [0, 0.1) is 0 Å². The van der Waals surface area contributed by atoms with E-state index in [1.807, 2.05) is 11.3 Å². The molecule has 0 unspecified atom stereocenters. The molecule has 0 saturated heterocycles. The lowest BCUT2D eigenvalue weighted by atomic mass is 9.43. The Balaban J connectivity index is 1.23. The summed E-state index contributed by atoms with van der Waals surface area (Å²) >= 11 is 1.90. The van der Waals surface area contributed by atoms with Gasteiger partial charge in [-0.1, -0.05) is 140 Å². The van der Waals surface area contributed by atoms with Gasteiger partial charge in [0.15, 0.2) is 0 Å². The minimum Gasteiger partial charge on any atom is -0.455 e. The second-order valence-electron chi connectivity index (χ2n) is 21.3. The van der Waals surface area contributed by atoms with Gasteiger partial charge in [0.25, 0.3) is 0 Å². The molecule has 3 aromatic heterocycles. The highest BCUT2D eigenvalue weighted by atomic mass is 32.1. The molecule has 8 aromatic carbocycles. The van der Waals surface area contributed by atoms with Crippen LogP contribution in [-0.2, 0) is 16.2 Å². The predicted octanol–water partition coefficient (Wildman–Crippen LogP) is 15.2. The Morgan fingerprint density at radius 2 is 1.28 bits per heavy atom. The summed E-state index contributed by atoms with van der Waals surface area (Å²) < 4.78 is 12.5. The molecule has 5 heteroatoms. The van der Waals surface area contributed by atoms with E-state index in [0.29, 0.717) is 0 Å². The van der Waals surface area contributed by atoms with Crippen LogP contribution in [0.5, 0.6) is 0 Å². The molecule has 0 saturated carbocycles. The van der Waals surface area contributed by atoms with E-state index in [4.69, 9.17) is 4.42 Å². The van der Waals surface area contributed by atoms with Crippen LogP contribution >= 0.6 is 11.3 Å². The molecule has 0 amide bonds. The van der Waals surface area contributed by atoms with Crippen LogP contribution in [0.15, 0.2) is 144 Å². The van der Waals surface area contributed by atoms with E-state index in [-0.39, 0.29) is 23.1 Å². The fourth-order valence-electron chi connectivity index (χ4n) is 12.1. The second kappa shape index (κ2) is 12.0. The van der Waals surface area contributed by atoms with Crippen molar-refractivity contribution in [2.24, 2.45) is 0 Å². The maximum atomic E-state index is 7.26. The molecule has 3 nitrogen and oxygen atoms in total. The van der Waals surface area contributed by atoms with E-state index in [9.17, 15) is 0 Å². The first kappa shape index (κ1) is 36.9. The van der Waals surface area contributed by atoms with Crippen molar-refractivity contribution >= 4 is 104 Å². The first-order valence-corrected chi connectivity index (χ1v) is 23.7. The van der Waals surface area contributed by atoms with Gasteiger partial charge in [-0.05, 0) is 115 Å². The number of thiophene rings is 1. The van der Waals surface area contributed by atoms with Crippen LogP contribution in [0.1, 0.15) is 77.6 Å². The molecular weight excluding hydrogens is 796 g/mol. The van der Waals surface area contributed by atoms with Gasteiger partial charge in [-0.2, -0.15) is 0 Å². The van der Waals surface area contributed by atoms with Gasteiger partial charge in [0.05, 0.1) is 16.4 Å². The summed E-state index contributed by atoms with van der Waals surface area (Å²) in [4.78, 5) is 2.71. The van der Waals surface area contributed by atoms with Gasteiger partial charge < -0.3 is 13.8 Å². The Bertz CT molecular complexity index is 3900. The molecule has 0 fully saturated rings. The van der Waals surface area contributed by atoms with Crippen LogP contribution in [0.4, 0.5) is 11.4 Å². The van der Waals surface area contributed by atoms with Crippen molar-refractivity contribution in [3.8, 4) is 27.9 Å². The van der Waals surface area contributed by atoms with Crippen molar-refractivity contribution < 1.29 is 4.42 Å². The van der Waals surface area contributed by atoms with Crippen molar-refractivity contribution in [2.45, 2.75) is 71.6 Å². The molecule has 1 aliphatic carbocycles. The molecule has 0 N–H and O–H groups in total. The minimum absolute atomic E-state index is 0.0275. The van der Waals surface area contributed by atoms with Crippen LogP contribution < -0.4 is 15.7 Å². The highest BCUT2D eigenvalue weighted by Crippen LogP contribution is 2.55. The number of rotatable bonds is 1. The first-order valence-electron chi connectivity index (χ1n) is 22.9. The molecule has 5 heterocycles. The van der Waals surface area contributed by atoms with Crippen LogP contribution in [0.25, 0.3) is 91.9 Å². The normalized spacial score (nSPS) is 14.9. The van der Waals surface area contributed by atoms with Gasteiger partial charge in [0.1, 0.15) is 11.2 Å². The average Bonchev–Trinajstić information content (AvgIpc) is 4.01. The molecule has 64 heavy (non-hydrogen) atoms. The monoisotopic (exact) mass is 842 g/mol. The smallest absolute Gasteiger partial charge is 0.333 e. The quantitative estimate of drug-likeness (QED) is 0.154. The number of hydrogen-bond acceptors (Lipinski definition) is 3. The van der Waals surface area contributed by atoms with Crippen LogP contribution in [0.3, 0.4) is 0 Å². The average molecular weight is 843 g/mol. The van der Waals surface area contributed by atoms with Crippen molar-refractivity contribution in [1.82, 2.24) is 4.57 Å². The third-order valence-corrected chi connectivity index (χ3v) is 16.4. The number of para-hydroxylation sites is 1. The summed E-state index contributed by atoms with van der Waals surface area (Å²) in [5.74, 6) is 0. The Morgan fingerprint density at radius 3 is 2.08 bits per heavy atom. The molecule has 2 aliphatic heterocycles. The van der Waals surface area contributed by atoms with Crippen LogP contribution in [0.2, 0.25) is 0 Å². The highest BCUT2D eigenvalue weighted by Gasteiger charge is 2.48. The molecule has 0 spiro atoms. The third-order valence-electron chi connectivity index (χ3n) is 15.3. The van der Waals surface area contributed by atoms with E-state index >= 15 is 0 Å². The highest BCUT2D eigenvalue weighted by molar-refractivity contribution is 7.25. The van der Waals surface area contributed by atoms with Crippen molar-refractivity contribution in [3.63, 3.8) is 0 Å². The van der Waals surface area contributed by atoms with Gasteiger partial charge in [-0.25, -0.2) is 0 Å². The molecule has 0 atom stereocenters. The minimum atomic E-state index is -0.167. The fourth-order valence-corrected chi connectivity index (χ4v) is 13.2. The molecule has 0 bridgehead atoms. The predicted molar refractivity (Wildman–Crippen MR) is 275 cm³/mol. The van der Waals surface area contributed by atoms with Crippen molar-refractivity contribution in [3.05, 3.63) is 162 Å². The number of hydrogen-bond donors (Lipinski definition) is 0. The van der Waals surface area contributed by atoms with E-state index < -0.39 is 0 Å². The zero-order valence-electron chi connectivity index (χ0n) is 37.6. The van der Waals surface area contributed by atoms with E-state index in [2.05, 4.69) is 204 Å². The topological polar surface area (TPSA) is 21.3 Å². The molecule has 0 radical (unpaired) electrons. The molecular formula is C59H47BN2OS. The molecule has 14 rings (SSSR count). The third kappa shape index (κ3) is 4.58. The van der Waals surface area contributed by atoms with E-state index in [0.717, 1.165) is 16.6 Å². The molecule has 3 aliphatic rings. The number of fused-ring (bicyclic) bond motifs is 19. The number of furan rings is 1. The van der Waals surface area contributed by atoms with Gasteiger partial charge in [-0.3, -0.25) is 0 Å². The summed E-state index contributed by atoms with van der Waals surface area (Å²) in [6.45, 7) is 18.6. The second-order valence-corrected chi connectivity index (χ2v) is 22.4.